The number of nitrogens with one attached hydrogen (secondary N) is 3. The molecule has 2 amide bonds. The first-order valence-electron chi connectivity index (χ1n) is 13.1. The monoisotopic (exact) mass is 563 g/mol. The molecular formula is C30H21N5O5S. The minimum Gasteiger partial charge on any atom is -0.351 e. The fourth-order valence-corrected chi connectivity index (χ4v) is 7.70. The van der Waals surface area contributed by atoms with E-state index < -0.39 is 10.8 Å². The van der Waals surface area contributed by atoms with E-state index in [1.165, 1.54) is 23.5 Å². The van der Waals surface area contributed by atoms with Crippen LogP contribution in [-0.2, 0) is 5.41 Å². The fraction of sp³-hybridized carbons (Fsp3) is 0.167. The Morgan fingerprint density at radius 1 is 1.07 bits per heavy atom. The Morgan fingerprint density at radius 2 is 1.80 bits per heavy atom. The first-order valence-corrected chi connectivity index (χ1v) is 14.0. The minimum atomic E-state index is -0.478. The van der Waals surface area contributed by atoms with Gasteiger partial charge in [0.05, 0.1) is 9.80 Å². The summed E-state index contributed by atoms with van der Waals surface area (Å²) in [5, 5.41) is 17.3. The van der Waals surface area contributed by atoms with Crippen LogP contribution in [0.1, 0.15) is 48.2 Å². The van der Waals surface area contributed by atoms with Crippen LogP contribution in [0.2, 0.25) is 0 Å². The maximum absolute atomic E-state index is 13.7. The Balaban J connectivity index is 1.05. The summed E-state index contributed by atoms with van der Waals surface area (Å²) >= 11 is 1.49. The molecule has 2 fully saturated rings. The second-order valence-electron chi connectivity index (χ2n) is 11.0. The number of piperidine rings is 1. The van der Waals surface area contributed by atoms with Crippen LogP contribution >= 0.6 is 11.3 Å². The number of nitro groups is 1. The summed E-state index contributed by atoms with van der Waals surface area (Å²) in [5.41, 5.74) is 5.34. The predicted octanol–water partition coefficient (Wildman–Crippen LogP) is 5.67. The normalized spacial score (nSPS) is 20.5. The molecule has 8 rings (SSSR count). The first kappa shape index (κ1) is 23.8. The summed E-state index contributed by atoms with van der Waals surface area (Å²) in [7, 11) is 0. The van der Waals surface area contributed by atoms with Crippen LogP contribution in [0, 0.1) is 23.0 Å². The van der Waals surface area contributed by atoms with Gasteiger partial charge in [0.1, 0.15) is 11.4 Å². The lowest BCUT2D eigenvalue weighted by Gasteiger charge is -2.28. The summed E-state index contributed by atoms with van der Waals surface area (Å²) < 4.78 is 0. The number of hydrogen-bond donors (Lipinski definition) is 3. The summed E-state index contributed by atoms with van der Waals surface area (Å²) in [6.45, 7) is 2.62. The van der Waals surface area contributed by atoms with Crippen LogP contribution in [-0.4, -0.2) is 43.9 Å². The van der Waals surface area contributed by atoms with Gasteiger partial charge in [0.2, 0.25) is 0 Å². The number of aryl methyl sites for hydroxylation is 1. The molecule has 1 saturated carbocycles. The van der Waals surface area contributed by atoms with Crippen molar-refractivity contribution in [1.29, 1.82) is 0 Å². The van der Waals surface area contributed by atoms with Crippen molar-refractivity contribution in [1.82, 2.24) is 14.9 Å². The average Bonchev–Trinajstić information content (AvgIpc) is 3.40. The van der Waals surface area contributed by atoms with Crippen molar-refractivity contribution in [2.24, 2.45) is 5.92 Å². The van der Waals surface area contributed by atoms with E-state index in [0.29, 0.717) is 34.7 Å². The number of amides is 2. The van der Waals surface area contributed by atoms with Crippen LogP contribution in [0.25, 0.3) is 21.8 Å². The lowest BCUT2D eigenvalue weighted by atomic mass is 9.84. The molecule has 5 aromatic rings. The molecule has 4 heterocycles. The quantitative estimate of drug-likeness (QED) is 0.191. The molecule has 0 bridgehead atoms. The highest BCUT2D eigenvalue weighted by atomic mass is 32.1. The van der Waals surface area contributed by atoms with Gasteiger partial charge in [-0.2, -0.15) is 0 Å². The Kier molecular flexibility index (Phi) is 4.66. The van der Waals surface area contributed by atoms with Crippen LogP contribution in [0.3, 0.4) is 0 Å². The molecule has 3 aromatic heterocycles. The molecule has 1 aliphatic heterocycles. The number of hydrogen-bond acceptors (Lipinski definition) is 6. The van der Waals surface area contributed by atoms with E-state index in [1.807, 2.05) is 12.3 Å². The van der Waals surface area contributed by atoms with E-state index in [2.05, 4.69) is 15.3 Å². The minimum absolute atomic E-state index is 0.0331. The van der Waals surface area contributed by atoms with E-state index in [4.69, 9.17) is 0 Å². The number of nitro benzene ring substituents is 1. The van der Waals surface area contributed by atoms with Gasteiger partial charge in [-0.3, -0.25) is 24.5 Å². The van der Waals surface area contributed by atoms with Crippen molar-refractivity contribution >= 4 is 62.1 Å². The number of aromatic amines is 2. The van der Waals surface area contributed by atoms with Gasteiger partial charge in [-0.1, -0.05) is 0 Å². The third-order valence-corrected chi connectivity index (χ3v) is 9.70. The zero-order valence-corrected chi connectivity index (χ0v) is 22.4. The number of aromatic nitrogens is 2. The van der Waals surface area contributed by atoms with Crippen molar-refractivity contribution in [3.05, 3.63) is 103 Å². The fourth-order valence-electron chi connectivity index (χ4n) is 6.65. The molecule has 41 heavy (non-hydrogen) atoms. The summed E-state index contributed by atoms with van der Waals surface area (Å²) in [4.78, 5) is 58.9. The molecule has 3 N–H and O–H groups in total. The molecule has 1 spiro atoms. The number of H-pyrrole nitrogens is 2. The molecule has 202 valence electrons. The number of carbonyl (C=O) groups excluding carboxylic acids is 3. The zero-order valence-electron chi connectivity index (χ0n) is 21.6. The number of ketones is 1. The second kappa shape index (κ2) is 8.01. The number of carbonyl (C=O) groups is 3. The van der Waals surface area contributed by atoms with E-state index in [1.54, 1.807) is 47.4 Å². The van der Waals surface area contributed by atoms with Gasteiger partial charge in [-0.05, 0) is 72.2 Å². The van der Waals surface area contributed by atoms with Crippen molar-refractivity contribution in [2.45, 2.75) is 18.8 Å². The molecule has 0 radical (unpaired) electrons. The molecule has 3 aliphatic rings. The Bertz CT molecular complexity index is 2070. The van der Waals surface area contributed by atoms with Crippen molar-refractivity contribution in [3.8, 4) is 0 Å². The van der Waals surface area contributed by atoms with Gasteiger partial charge in [0, 0.05) is 63.4 Å². The van der Waals surface area contributed by atoms with Crippen molar-refractivity contribution in [2.75, 3.05) is 11.9 Å². The number of non-ortho nitro benzene ring substituents is 1. The number of allylic oxidation sites excluding steroid dienone is 2. The molecule has 0 unspecified atom stereocenters. The Labute approximate surface area is 235 Å². The lowest BCUT2D eigenvalue weighted by molar-refractivity contribution is -0.384. The summed E-state index contributed by atoms with van der Waals surface area (Å²) in [6, 6.07) is 13.0. The number of likely N-dealkylation sites (tertiary alicyclic amines) is 1. The number of thiophene rings is 1. The van der Waals surface area contributed by atoms with Crippen molar-refractivity contribution < 1.29 is 19.3 Å². The van der Waals surface area contributed by atoms with Crippen LogP contribution in [0.4, 0.5) is 11.4 Å². The van der Waals surface area contributed by atoms with Gasteiger partial charge in [0.25, 0.3) is 17.5 Å². The number of rotatable bonds is 4. The van der Waals surface area contributed by atoms with E-state index in [0.717, 1.165) is 39.0 Å². The van der Waals surface area contributed by atoms with Crippen LogP contribution in [0.15, 0.2) is 65.7 Å². The zero-order chi connectivity index (χ0) is 28.2. The van der Waals surface area contributed by atoms with Gasteiger partial charge in [-0.15, -0.1) is 11.3 Å². The smallest absolute Gasteiger partial charge is 0.274 e. The highest BCUT2D eigenvalue weighted by Crippen LogP contribution is 2.68. The topological polar surface area (TPSA) is 141 Å². The number of benzene rings is 2. The number of nitrogens with zero attached hydrogens (tertiary/aromatic N) is 2. The van der Waals surface area contributed by atoms with Gasteiger partial charge >= 0.3 is 0 Å². The number of anilines is 1. The SMILES string of the molecule is Cc1csc2c1[C@]13C[C@H]1CN(C(=O)c1cc4cc(NC(=O)c5cc6cc([N+](=O)[O-])ccc6[nH]5)ccc4[nH]1)C3=CC2=O. The largest absolute Gasteiger partial charge is 0.351 e. The lowest BCUT2D eigenvalue weighted by Crippen LogP contribution is -2.33. The molecule has 2 atom stereocenters. The Hall–Kier alpha value is -5.03. The molecule has 1 saturated heterocycles. The Morgan fingerprint density at radius 3 is 2.61 bits per heavy atom. The highest BCUT2D eigenvalue weighted by molar-refractivity contribution is 7.12. The average molecular weight is 564 g/mol. The molecule has 2 aromatic carbocycles. The van der Waals surface area contributed by atoms with Gasteiger partial charge < -0.3 is 20.2 Å². The van der Waals surface area contributed by atoms with Crippen LogP contribution in [0.5, 0.6) is 0 Å². The molecule has 10 nitrogen and oxygen atoms in total. The van der Waals surface area contributed by atoms with E-state index >= 15 is 0 Å². The second-order valence-corrected chi connectivity index (χ2v) is 11.8. The third kappa shape index (κ3) is 3.32. The van der Waals surface area contributed by atoms with Gasteiger partial charge in [0.15, 0.2) is 5.78 Å². The predicted molar refractivity (Wildman–Crippen MR) is 153 cm³/mol. The maximum atomic E-state index is 13.7. The van der Waals surface area contributed by atoms with Crippen LogP contribution < -0.4 is 5.32 Å². The maximum Gasteiger partial charge on any atom is 0.274 e. The number of fused-ring (bicyclic) bond motifs is 3. The molecular weight excluding hydrogens is 542 g/mol. The van der Waals surface area contributed by atoms with Gasteiger partial charge in [-0.25, -0.2) is 0 Å². The highest BCUT2D eigenvalue weighted by Gasteiger charge is 2.68. The summed E-state index contributed by atoms with van der Waals surface area (Å²) in [5.74, 6) is -0.288. The molecule has 11 heteroatoms. The third-order valence-electron chi connectivity index (χ3n) is 8.58. The molecule has 2 aliphatic carbocycles. The van der Waals surface area contributed by atoms with Crippen molar-refractivity contribution in [3.63, 3.8) is 0 Å². The van der Waals surface area contributed by atoms with E-state index in [9.17, 15) is 24.5 Å². The van der Waals surface area contributed by atoms with E-state index in [-0.39, 0.29) is 28.5 Å². The standard InChI is InChI=1S/C30H21N5O5S/c1-14-13-41-27-24(36)10-25-30(26(14)27)11-17(30)12-34(25)29(38)23-9-15-6-18(2-4-20(15)33-23)31-28(37)22-8-16-7-19(35(39)40)3-5-21(16)32-22/h2-10,13,17,32-33H,11-12H2,1H3,(H,31,37)/t17-,30+/m0/s1. The first-order chi connectivity index (χ1) is 19.7. The summed E-state index contributed by atoms with van der Waals surface area (Å²) in [6.07, 6.45) is 2.62.